The molecule has 7 heteroatoms. The van der Waals surface area contributed by atoms with Gasteiger partial charge in [0.2, 0.25) is 0 Å². The van der Waals surface area contributed by atoms with Gasteiger partial charge in [-0.1, -0.05) is 48.5 Å². The van der Waals surface area contributed by atoms with Crippen LogP contribution in [0, 0.1) is 5.92 Å². The minimum absolute atomic E-state index is 0.0637. The zero-order chi connectivity index (χ0) is 23.8. The van der Waals surface area contributed by atoms with Gasteiger partial charge < -0.3 is 14.6 Å². The van der Waals surface area contributed by atoms with Crippen molar-refractivity contribution >= 4 is 18.0 Å². The second-order valence-corrected chi connectivity index (χ2v) is 9.70. The predicted octanol–water partition coefficient (Wildman–Crippen LogP) is 4.44. The van der Waals surface area contributed by atoms with Gasteiger partial charge >= 0.3 is 18.0 Å². The van der Waals surface area contributed by atoms with Crippen LogP contribution in [0.2, 0.25) is 0 Å². The van der Waals surface area contributed by atoms with Crippen molar-refractivity contribution < 1.29 is 29.0 Å². The monoisotopic (exact) mass is 451 g/mol. The molecule has 0 bridgehead atoms. The topological polar surface area (TPSA) is 93.1 Å². The number of benzene rings is 2. The highest BCUT2D eigenvalue weighted by Crippen LogP contribution is 2.44. The number of aliphatic carboxylic acids is 1. The lowest BCUT2D eigenvalue weighted by Crippen LogP contribution is -2.41. The van der Waals surface area contributed by atoms with E-state index in [1.807, 2.05) is 36.4 Å². The summed E-state index contributed by atoms with van der Waals surface area (Å²) in [4.78, 5) is 38.1. The number of carbonyl (C=O) groups is 3. The Kier molecular flexibility index (Phi) is 6.15. The largest absolute Gasteiger partial charge is 0.480 e. The second-order valence-electron chi connectivity index (χ2n) is 9.70. The van der Waals surface area contributed by atoms with Gasteiger partial charge in [-0.25, -0.2) is 9.59 Å². The second kappa shape index (κ2) is 8.89. The number of carbonyl (C=O) groups excluding carboxylic acids is 2. The SMILES string of the molecule is CC(C)(C)OC(=O)C[C@@H]1C[C@H](C(=O)O)N(C(=O)OCC2c3ccccc3-c3ccccc32)C1. The summed E-state index contributed by atoms with van der Waals surface area (Å²) in [7, 11) is 0. The number of likely N-dealkylation sites (tertiary alicyclic amines) is 1. The first-order valence-electron chi connectivity index (χ1n) is 11.2. The molecule has 1 amide bonds. The summed E-state index contributed by atoms with van der Waals surface area (Å²) in [5.41, 5.74) is 3.80. The lowest BCUT2D eigenvalue weighted by molar-refractivity contribution is -0.156. The van der Waals surface area contributed by atoms with E-state index in [0.717, 1.165) is 22.3 Å². The molecule has 2 aromatic rings. The molecule has 0 saturated carbocycles. The van der Waals surface area contributed by atoms with Crippen LogP contribution in [-0.4, -0.2) is 52.8 Å². The van der Waals surface area contributed by atoms with Crippen LogP contribution in [-0.2, 0) is 19.1 Å². The van der Waals surface area contributed by atoms with Crippen LogP contribution in [0.4, 0.5) is 4.79 Å². The first-order valence-corrected chi connectivity index (χ1v) is 11.2. The van der Waals surface area contributed by atoms with Crippen LogP contribution in [0.1, 0.15) is 50.7 Å². The Bertz CT molecular complexity index is 1030. The van der Waals surface area contributed by atoms with Gasteiger partial charge in [-0.2, -0.15) is 0 Å². The maximum atomic E-state index is 12.9. The van der Waals surface area contributed by atoms with Crippen molar-refractivity contribution in [1.29, 1.82) is 0 Å². The minimum atomic E-state index is -1.10. The molecule has 1 saturated heterocycles. The van der Waals surface area contributed by atoms with E-state index >= 15 is 0 Å². The van der Waals surface area contributed by atoms with Gasteiger partial charge in [-0.15, -0.1) is 0 Å². The zero-order valence-corrected chi connectivity index (χ0v) is 19.1. The molecular weight excluding hydrogens is 422 g/mol. The van der Waals surface area contributed by atoms with Gasteiger partial charge in [0.25, 0.3) is 0 Å². The van der Waals surface area contributed by atoms with Crippen LogP contribution < -0.4 is 0 Å². The van der Waals surface area contributed by atoms with Gasteiger partial charge in [0.15, 0.2) is 0 Å². The molecule has 0 unspecified atom stereocenters. The average molecular weight is 452 g/mol. The predicted molar refractivity (Wildman–Crippen MR) is 122 cm³/mol. The third kappa shape index (κ3) is 4.87. The van der Waals surface area contributed by atoms with Crippen molar-refractivity contribution in [1.82, 2.24) is 4.90 Å². The quantitative estimate of drug-likeness (QED) is 0.676. The fraction of sp³-hybridized carbons (Fsp3) is 0.423. The van der Waals surface area contributed by atoms with E-state index in [4.69, 9.17) is 9.47 Å². The lowest BCUT2D eigenvalue weighted by Gasteiger charge is -2.23. The van der Waals surface area contributed by atoms with Crippen LogP contribution in [0.3, 0.4) is 0 Å². The smallest absolute Gasteiger partial charge is 0.410 e. The highest BCUT2D eigenvalue weighted by atomic mass is 16.6. The summed E-state index contributed by atoms with van der Waals surface area (Å²) in [6.45, 7) is 5.60. The summed E-state index contributed by atoms with van der Waals surface area (Å²) >= 11 is 0. The van der Waals surface area contributed by atoms with Crippen molar-refractivity contribution in [3.05, 3.63) is 59.7 Å². The number of carboxylic acids is 1. The first kappa shape index (κ1) is 22.8. The fourth-order valence-corrected chi connectivity index (χ4v) is 4.80. The van der Waals surface area contributed by atoms with E-state index in [1.165, 1.54) is 4.90 Å². The van der Waals surface area contributed by atoms with Crippen molar-refractivity contribution in [3.63, 3.8) is 0 Å². The molecule has 1 heterocycles. The highest BCUT2D eigenvalue weighted by molar-refractivity contribution is 5.82. The molecule has 2 aliphatic rings. The molecule has 174 valence electrons. The van der Waals surface area contributed by atoms with E-state index < -0.39 is 29.7 Å². The Morgan fingerprint density at radius 1 is 1.00 bits per heavy atom. The van der Waals surface area contributed by atoms with E-state index in [-0.39, 0.29) is 37.8 Å². The van der Waals surface area contributed by atoms with E-state index in [1.54, 1.807) is 20.8 Å². The number of hydrogen-bond donors (Lipinski definition) is 1. The van der Waals surface area contributed by atoms with Gasteiger partial charge in [0, 0.05) is 12.5 Å². The van der Waals surface area contributed by atoms with E-state index in [2.05, 4.69) is 12.1 Å². The fourth-order valence-electron chi connectivity index (χ4n) is 4.80. The molecule has 1 aliphatic carbocycles. The maximum Gasteiger partial charge on any atom is 0.410 e. The average Bonchev–Trinajstić information content (AvgIpc) is 3.30. The molecule has 0 aromatic heterocycles. The molecule has 33 heavy (non-hydrogen) atoms. The maximum absolute atomic E-state index is 12.9. The summed E-state index contributed by atoms with van der Waals surface area (Å²) < 4.78 is 11.0. The molecule has 2 atom stereocenters. The first-order chi connectivity index (χ1) is 15.6. The van der Waals surface area contributed by atoms with Crippen molar-refractivity contribution in [2.24, 2.45) is 5.92 Å². The molecule has 0 spiro atoms. The Morgan fingerprint density at radius 3 is 2.12 bits per heavy atom. The van der Waals surface area contributed by atoms with Crippen LogP contribution in [0.5, 0.6) is 0 Å². The molecule has 1 fully saturated rings. The minimum Gasteiger partial charge on any atom is -0.480 e. The third-order valence-electron chi connectivity index (χ3n) is 6.12. The molecular formula is C26H29NO6. The summed E-state index contributed by atoms with van der Waals surface area (Å²) in [5, 5.41) is 9.65. The van der Waals surface area contributed by atoms with Crippen molar-refractivity contribution in [2.45, 2.75) is 51.2 Å². The number of fused-ring (bicyclic) bond motifs is 3. The van der Waals surface area contributed by atoms with Gasteiger partial charge in [-0.05, 0) is 55.4 Å². The molecule has 1 N–H and O–H groups in total. The molecule has 0 radical (unpaired) electrons. The van der Waals surface area contributed by atoms with E-state index in [0.29, 0.717) is 0 Å². The van der Waals surface area contributed by atoms with Gasteiger partial charge in [-0.3, -0.25) is 9.69 Å². The Balaban J connectivity index is 1.43. The Morgan fingerprint density at radius 2 is 1.58 bits per heavy atom. The zero-order valence-electron chi connectivity index (χ0n) is 19.1. The Labute approximate surface area is 193 Å². The van der Waals surface area contributed by atoms with Gasteiger partial charge in [0.05, 0.1) is 6.42 Å². The third-order valence-corrected chi connectivity index (χ3v) is 6.12. The standard InChI is InChI=1S/C26H29NO6/c1-26(2,3)33-23(28)13-16-12-22(24(29)30)27(14-16)25(31)32-15-21-19-10-6-4-8-17(19)18-9-5-7-11-20(18)21/h4-11,16,21-22H,12-15H2,1-3H3,(H,29,30)/t16-,22+/m0/s1. The van der Waals surface area contributed by atoms with Crippen molar-refractivity contribution in [3.8, 4) is 11.1 Å². The summed E-state index contributed by atoms with van der Waals surface area (Å²) in [5.74, 6) is -1.90. The van der Waals surface area contributed by atoms with Crippen LogP contribution in [0.15, 0.2) is 48.5 Å². The van der Waals surface area contributed by atoms with Gasteiger partial charge in [0.1, 0.15) is 18.2 Å². The van der Waals surface area contributed by atoms with Crippen molar-refractivity contribution in [2.75, 3.05) is 13.2 Å². The molecule has 2 aromatic carbocycles. The number of nitrogens with zero attached hydrogens (tertiary/aromatic N) is 1. The molecule has 7 nitrogen and oxygen atoms in total. The summed E-state index contributed by atoms with van der Waals surface area (Å²) in [6.07, 6.45) is -0.413. The van der Waals surface area contributed by atoms with E-state index in [9.17, 15) is 19.5 Å². The summed E-state index contributed by atoms with van der Waals surface area (Å²) in [6, 6.07) is 15.0. The number of esters is 1. The number of ether oxygens (including phenoxy) is 2. The van der Waals surface area contributed by atoms with Crippen LogP contribution >= 0.6 is 0 Å². The molecule has 4 rings (SSSR count). The number of hydrogen-bond acceptors (Lipinski definition) is 5. The Hall–Kier alpha value is -3.35. The number of carboxylic acid groups (broad SMARTS) is 1. The highest BCUT2D eigenvalue weighted by Gasteiger charge is 2.42. The molecule has 1 aliphatic heterocycles. The number of rotatable bonds is 5. The van der Waals surface area contributed by atoms with Crippen LogP contribution in [0.25, 0.3) is 11.1 Å². The number of amides is 1. The lowest BCUT2D eigenvalue weighted by atomic mass is 9.98. The normalized spacial score (nSPS) is 19.7.